The van der Waals surface area contributed by atoms with E-state index in [1.54, 1.807) is 52.5 Å². The number of hydrogen-bond acceptors (Lipinski definition) is 9. The van der Waals surface area contributed by atoms with Crippen molar-refractivity contribution >= 4 is 24.2 Å². The number of piperidine rings is 1. The highest BCUT2D eigenvalue weighted by Crippen LogP contribution is 2.37. The third-order valence-electron chi connectivity index (χ3n) is 4.89. The Morgan fingerprint density at radius 1 is 1.15 bits per heavy atom. The van der Waals surface area contributed by atoms with Crippen LogP contribution in [0.25, 0.3) is 0 Å². The lowest BCUT2D eigenvalue weighted by Crippen LogP contribution is -2.47. The van der Waals surface area contributed by atoms with Gasteiger partial charge in [0.25, 0.3) is 0 Å². The van der Waals surface area contributed by atoms with Gasteiger partial charge < -0.3 is 18.9 Å². The summed E-state index contributed by atoms with van der Waals surface area (Å²) in [5.41, 5.74) is -0.970. The minimum atomic E-state index is -0.807. The first-order valence-corrected chi connectivity index (χ1v) is 11.0. The van der Waals surface area contributed by atoms with E-state index in [1.807, 2.05) is 0 Å². The van der Waals surface area contributed by atoms with E-state index in [0.717, 1.165) is 5.06 Å². The summed E-state index contributed by atoms with van der Waals surface area (Å²) in [5.74, 6) is 0.159. The van der Waals surface area contributed by atoms with Gasteiger partial charge in [-0.3, -0.25) is 15.8 Å². The standard InChI is InChI=1S/C21H32N6O7/c1-20(2,3)32-17(28)23-16(24-18(29)33-21(4,5)6)22-10-13-9-14(25-34-13)15-8-7-12-11-26(15)19(30)27(12)31/h9,12,15,31H,7-8,10-11H2,1-6H3,(H2,22,23,24,28,29)/t12-,15+/m1/s1. The maximum absolute atomic E-state index is 12.2. The molecule has 0 aromatic carbocycles. The van der Waals surface area contributed by atoms with Crippen molar-refractivity contribution in [2.75, 3.05) is 6.54 Å². The van der Waals surface area contributed by atoms with Crippen LogP contribution >= 0.6 is 0 Å². The molecule has 0 unspecified atom stereocenters. The maximum Gasteiger partial charge on any atom is 0.414 e. The highest BCUT2D eigenvalue weighted by atomic mass is 16.6. The Bertz CT molecular complexity index is 930. The van der Waals surface area contributed by atoms with Gasteiger partial charge in [-0.1, -0.05) is 5.16 Å². The number of nitrogens with one attached hydrogen (secondary N) is 2. The average Bonchev–Trinajstić information content (AvgIpc) is 3.23. The molecule has 13 heteroatoms. The van der Waals surface area contributed by atoms with Crippen LogP contribution in [0.15, 0.2) is 15.6 Å². The summed E-state index contributed by atoms with van der Waals surface area (Å²) in [5, 5.41) is 19.5. The fraction of sp³-hybridized carbons (Fsp3) is 0.667. The van der Waals surface area contributed by atoms with Crippen LogP contribution < -0.4 is 10.6 Å². The first kappa shape index (κ1) is 25.3. The molecule has 3 N–H and O–H groups in total. The summed E-state index contributed by atoms with van der Waals surface area (Å²) in [7, 11) is 0. The molecule has 2 bridgehead atoms. The molecule has 2 atom stereocenters. The highest BCUT2D eigenvalue weighted by Gasteiger charge is 2.45. The number of aromatic nitrogens is 1. The Morgan fingerprint density at radius 3 is 2.29 bits per heavy atom. The fourth-order valence-electron chi connectivity index (χ4n) is 3.59. The van der Waals surface area contributed by atoms with Crippen LogP contribution in [0.2, 0.25) is 0 Å². The zero-order chi connectivity index (χ0) is 25.3. The van der Waals surface area contributed by atoms with Crippen LogP contribution in [0.3, 0.4) is 0 Å². The fourth-order valence-corrected chi connectivity index (χ4v) is 3.59. The lowest BCUT2D eigenvalue weighted by atomic mass is 9.98. The average molecular weight is 481 g/mol. The molecule has 1 aromatic rings. The summed E-state index contributed by atoms with van der Waals surface area (Å²) in [6.07, 6.45) is -0.334. The number of ether oxygens (including phenoxy) is 2. The minimum Gasteiger partial charge on any atom is -0.444 e. The SMILES string of the molecule is CC(C)(C)OC(=O)NC(=NCc1cc([C@@H]2CC[C@@H]3CN2C(=O)N3O)no1)NC(=O)OC(C)(C)C. The van der Waals surface area contributed by atoms with Crippen molar-refractivity contribution in [3.05, 3.63) is 17.5 Å². The third kappa shape index (κ3) is 6.59. The van der Waals surface area contributed by atoms with Crippen molar-refractivity contribution in [3.8, 4) is 0 Å². The Kier molecular flexibility index (Phi) is 7.05. The molecule has 2 aliphatic rings. The van der Waals surface area contributed by atoms with Crippen molar-refractivity contribution in [2.45, 2.75) is 84.2 Å². The van der Waals surface area contributed by atoms with Gasteiger partial charge in [0.15, 0.2) is 5.76 Å². The molecule has 2 fully saturated rings. The predicted molar refractivity (Wildman–Crippen MR) is 118 cm³/mol. The molecule has 188 valence electrons. The summed E-state index contributed by atoms with van der Waals surface area (Å²) < 4.78 is 15.8. The Hall–Kier alpha value is -3.35. The first-order chi connectivity index (χ1) is 15.7. The molecule has 13 nitrogen and oxygen atoms in total. The maximum atomic E-state index is 12.2. The molecule has 0 aliphatic carbocycles. The molecule has 0 saturated carbocycles. The summed E-state index contributed by atoms with van der Waals surface area (Å²) >= 11 is 0. The highest BCUT2D eigenvalue weighted by molar-refractivity contribution is 6.01. The Morgan fingerprint density at radius 2 is 1.74 bits per heavy atom. The molecular formula is C21H32N6O7. The van der Waals surface area contributed by atoms with E-state index in [-0.39, 0.29) is 24.6 Å². The summed E-state index contributed by atoms with van der Waals surface area (Å²) in [4.78, 5) is 42.3. The quantitative estimate of drug-likeness (QED) is 0.338. The predicted octanol–water partition coefficient (Wildman–Crippen LogP) is 2.91. The normalized spacial score (nSPS) is 20.1. The van der Waals surface area contributed by atoms with E-state index in [4.69, 9.17) is 14.0 Å². The molecule has 2 aliphatic heterocycles. The van der Waals surface area contributed by atoms with Gasteiger partial charge in [-0.15, -0.1) is 0 Å². The largest absolute Gasteiger partial charge is 0.444 e. The minimum absolute atomic E-state index is 0.0661. The van der Waals surface area contributed by atoms with Crippen LogP contribution in [-0.2, 0) is 16.0 Å². The summed E-state index contributed by atoms with van der Waals surface area (Å²) in [6.45, 7) is 10.6. The van der Waals surface area contributed by atoms with E-state index >= 15 is 0 Å². The van der Waals surface area contributed by atoms with Gasteiger partial charge in [-0.2, -0.15) is 0 Å². The molecule has 0 spiro atoms. The van der Waals surface area contributed by atoms with E-state index in [2.05, 4.69) is 20.8 Å². The first-order valence-electron chi connectivity index (χ1n) is 11.0. The number of amides is 4. The van der Waals surface area contributed by atoms with Gasteiger partial charge in [-0.25, -0.2) is 24.4 Å². The number of hydrogen-bond donors (Lipinski definition) is 3. The van der Waals surface area contributed by atoms with E-state index in [0.29, 0.717) is 30.8 Å². The zero-order valence-corrected chi connectivity index (χ0v) is 20.2. The monoisotopic (exact) mass is 480 g/mol. The second-order valence-electron chi connectivity index (χ2n) is 10.2. The number of alkyl carbamates (subject to hydrolysis) is 2. The molecule has 3 rings (SSSR count). The Balaban J connectivity index is 1.70. The number of nitrogens with zero attached hydrogens (tertiary/aromatic N) is 4. The topological polar surface area (TPSA) is 159 Å². The number of guanidine groups is 1. The van der Waals surface area contributed by atoms with Crippen LogP contribution in [0.4, 0.5) is 14.4 Å². The van der Waals surface area contributed by atoms with Crippen LogP contribution in [0.5, 0.6) is 0 Å². The molecule has 3 heterocycles. The summed E-state index contributed by atoms with van der Waals surface area (Å²) in [6, 6.07) is 0.669. The lowest BCUT2D eigenvalue weighted by Gasteiger charge is -2.28. The molecule has 2 saturated heterocycles. The number of urea groups is 1. The molecular weight excluding hydrogens is 448 g/mol. The van der Waals surface area contributed by atoms with E-state index in [9.17, 15) is 19.6 Å². The third-order valence-corrected chi connectivity index (χ3v) is 4.89. The molecule has 34 heavy (non-hydrogen) atoms. The van der Waals surface area contributed by atoms with Crippen LogP contribution in [0.1, 0.15) is 71.9 Å². The number of hydroxylamine groups is 2. The number of carbonyl (C=O) groups is 3. The number of rotatable bonds is 3. The van der Waals surface area contributed by atoms with Gasteiger partial charge in [0.2, 0.25) is 5.96 Å². The molecule has 1 aromatic heterocycles. The number of fused-ring (bicyclic) bond motifs is 2. The van der Waals surface area contributed by atoms with Crippen molar-refractivity contribution in [1.29, 1.82) is 0 Å². The van der Waals surface area contributed by atoms with Crippen LogP contribution in [-0.4, -0.2) is 68.3 Å². The number of aliphatic imine (C=N–C) groups is 1. The van der Waals surface area contributed by atoms with Crippen molar-refractivity contribution in [1.82, 2.24) is 25.8 Å². The van der Waals surface area contributed by atoms with Crippen molar-refractivity contribution < 1.29 is 33.6 Å². The van der Waals surface area contributed by atoms with E-state index in [1.165, 1.54) is 0 Å². The smallest absolute Gasteiger partial charge is 0.414 e. The van der Waals surface area contributed by atoms with Crippen molar-refractivity contribution in [3.63, 3.8) is 0 Å². The van der Waals surface area contributed by atoms with Gasteiger partial charge in [0.05, 0.1) is 12.1 Å². The second-order valence-corrected chi connectivity index (χ2v) is 10.2. The zero-order valence-electron chi connectivity index (χ0n) is 20.2. The second kappa shape index (κ2) is 9.49. The van der Waals surface area contributed by atoms with Gasteiger partial charge in [0, 0.05) is 12.6 Å². The number of carbonyl (C=O) groups excluding carboxylic acids is 3. The molecule has 4 amide bonds. The van der Waals surface area contributed by atoms with E-state index < -0.39 is 29.4 Å². The van der Waals surface area contributed by atoms with Gasteiger partial charge in [0.1, 0.15) is 23.4 Å². The van der Waals surface area contributed by atoms with Gasteiger partial charge in [-0.05, 0) is 54.4 Å². The van der Waals surface area contributed by atoms with Crippen molar-refractivity contribution in [2.24, 2.45) is 4.99 Å². The van der Waals surface area contributed by atoms with Gasteiger partial charge >= 0.3 is 18.2 Å². The Labute approximate surface area is 197 Å². The lowest BCUT2D eigenvalue weighted by molar-refractivity contribution is -0.0584. The molecule has 0 radical (unpaired) electrons. The van der Waals surface area contributed by atoms with Crippen LogP contribution in [0, 0.1) is 0 Å².